The van der Waals surface area contributed by atoms with Crippen LogP contribution in [0.25, 0.3) is 0 Å². The summed E-state index contributed by atoms with van der Waals surface area (Å²) >= 11 is 0. The molecule has 0 saturated carbocycles. The summed E-state index contributed by atoms with van der Waals surface area (Å²) in [7, 11) is -3.00. The van der Waals surface area contributed by atoms with Crippen molar-refractivity contribution < 1.29 is 26.5 Å². The molecule has 1 N–H and O–H groups in total. The number of benzene rings is 2. The highest BCUT2D eigenvalue weighted by molar-refractivity contribution is 7.87. The average molecular weight is 439 g/mol. The van der Waals surface area contributed by atoms with Gasteiger partial charge in [-0.3, -0.25) is 0 Å². The van der Waals surface area contributed by atoms with Gasteiger partial charge in [0.1, 0.15) is 10.6 Å². The molecule has 164 valence electrons. The Hall–Kier alpha value is -2.81. The molecule has 0 aliphatic heterocycles. The van der Waals surface area contributed by atoms with E-state index in [4.69, 9.17) is 8.92 Å². The average Bonchev–Trinajstić information content (AvgIpc) is 2.72. The van der Waals surface area contributed by atoms with Crippen LogP contribution in [-0.2, 0) is 16.7 Å². The first-order valence-electron chi connectivity index (χ1n) is 9.63. The number of hydrogen-bond donors (Lipinski definition) is 1. The highest BCUT2D eigenvalue weighted by Gasteiger charge is 2.24. The molecule has 2 aromatic carbocycles. The van der Waals surface area contributed by atoms with E-state index in [1.807, 2.05) is 20.8 Å². The second kappa shape index (κ2) is 10.3. The second-order valence-electron chi connectivity index (χ2n) is 6.66. The third-order valence-electron chi connectivity index (χ3n) is 4.64. The van der Waals surface area contributed by atoms with E-state index in [2.05, 4.69) is 5.32 Å². The first-order valence-corrected chi connectivity index (χ1v) is 11.0. The van der Waals surface area contributed by atoms with E-state index < -0.39 is 15.9 Å². The molecule has 0 heterocycles. The maximum Gasteiger partial charge on any atom is 0.339 e. The molecule has 30 heavy (non-hydrogen) atoms. The van der Waals surface area contributed by atoms with Gasteiger partial charge in [0.05, 0.1) is 13.7 Å². The number of amides is 2. The molecular weight excluding hydrogens is 411 g/mol. The third-order valence-corrected chi connectivity index (χ3v) is 5.87. The second-order valence-corrected chi connectivity index (χ2v) is 8.21. The fraction of sp³-hybridized carbons (Fsp3) is 0.381. The van der Waals surface area contributed by atoms with Crippen LogP contribution in [-0.4, -0.2) is 39.0 Å². The molecule has 7 nitrogen and oxygen atoms in total. The molecule has 0 aliphatic carbocycles. The quantitative estimate of drug-likeness (QED) is 0.600. The van der Waals surface area contributed by atoms with Crippen molar-refractivity contribution in [2.24, 2.45) is 0 Å². The number of para-hydroxylation sites is 1. The van der Waals surface area contributed by atoms with Crippen LogP contribution in [0.15, 0.2) is 47.4 Å². The van der Waals surface area contributed by atoms with Gasteiger partial charge in [0, 0.05) is 18.2 Å². The Labute approximate surface area is 176 Å². The molecule has 0 radical (unpaired) electrons. The zero-order valence-corrected chi connectivity index (χ0v) is 18.3. The SMILES string of the molecule is CCNC(=O)N(Cc1ccccc1OS(=O)(=O)c1ccc(OC)c(F)c1)[C@@H](C)CC. The minimum atomic E-state index is -4.29. The van der Waals surface area contributed by atoms with E-state index in [-0.39, 0.29) is 35.0 Å². The van der Waals surface area contributed by atoms with Gasteiger partial charge in [-0.25, -0.2) is 9.18 Å². The molecule has 2 amide bonds. The van der Waals surface area contributed by atoms with E-state index in [0.29, 0.717) is 12.1 Å². The van der Waals surface area contributed by atoms with E-state index in [1.54, 1.807) is 23.1 Å². The van der Waals surface area contributed by atoms with Crippen molar-refractivity contribution in [1.29, 1.82) is 0 Å². The molecule has 0 spiro atoms. The molecule has 2 aromatic rings. The smallest absolute Gasteiger partial charge is 0.339 e. The predicted octanol–water partition coefficient (Wildman–Crippen LogP) is 3.93. The standard InChI is InChI=1S/C21H27FN2O5S/c1-5-15(3)24(21(25)23-6-2)14-16-9-7-8-10-19(16)29-30(26,27)17-11-12-20(28-4)18(22)13-17/h7-13,15H,5-6,14H2,1-4H3,(H,23,25)/t15-/m0/s1. The summed E-state index contributed by atoms with van der Waals surface area (Å²) in [5.41, 5.74) is 0.515. The predicted molar refractivity (Wildman–Crippen MR) is 112 cm³/mol. The van der Waals surface area contributed by atoms with Crippen LogP contribution in [0.5, 0.6) is 11.5 Å². The number of rotatable bonds is 9. The highest BCUT2D eigenvalue weighted by atomic mass is 32.2. The number of ether oxygens (including phenoxy) is 1. The number of urea groups is 1. The van der Waals surface area contributed by atoms with Crippen molar-refractivity contribution in [2.45, 2.75) is 44.7 Å². The summed E-state index contributed by atoms with van der Waals surface area (Å²) in [6.45, 7) is 6.33. The van der Waals surface area contributed by atoms with Crippen LogP contribution in [0.3, 0.4) is 0 Å². The first kappa shape index (κ1) is 23.5. The minimum absolute atomic E-state index is 0.0690. The van der Waals surface area contributed by atoms with E-state index in [0.717, 1.165) is 12.5 Å². The van der Waals surface area contributed by atoms with Crippen molar-refractivity contribution in [3.05, 3.63) is 53.8 Å². The van der Waals surface area contributed by atoms with Gasteiger partial charge in [0.15, 0.2) is 11.6 Å². The Bertz CT molecular complexity index is 981. The maximum absolute atomic E-state index is 14.0. The number of carbonyl (C=O) groups excluding carboxylic acids is 1. The Morgan fingerprint density at radius 1 is 1.17 bits per heavy atom. The van der Waals surface area contributed by atoms with Gasteiger partial charge in [-0.2, -0.15) is 8.42 Å². The number of nitrogens with one attached hydrogen (secondary N) is 1. The van der Waals surface area contributed by atoms with Crippen LogP contribution >= 0.6 is 0 Å². The van der Waals surface area contributed by atoms with E-state index in [9.17, 15) is 17.6 Å². The topological polar surface area (TPSA) is 84.9 Å². The molecule has 9 heteroatoms. The fourth-order valence-electron chi connectivity index (χ4n) is 2.77. The molecule has 2 rings (SSSR count). The van der Waals surface area contributed by atoms with Gasteiger partial charge in [-0.05, 0) is 44.5 Å². The van der Waals surface area contributed by atoms with Crippen molar-refractivity contribution >= 4 is 16.1 Å². The number of hydrogen-bond acceptors (Lipinski definition) is 5. The van der Waals surface area contributed by atoms with Gasteiger partial charge in [0.25, 0.3) is 0 Å². The summed E-state index contributed by atoms with van der Waals surface area (Å²) in [6.07, 6.45) is 0.726. The number of carbonyl (C=O) groups is 1. The largest absolute Gasteiger partial charge is 0.494 e. The van der Waals surface area contributed by atoms with Crippen LogP contribution in [0.4, 0.5) is 9.18 Å². The molecule has 0 fully saturated rings. The lowest BCUT2D eigenvalue weighted by Gasteiger charge is -2.29. The monoisotopic (exact) mass is 438 g/mol. The van der Waals surface area contributed by atoms with E-state index >= 15 is 0 Å². The maximum atomic E-state index is 14.0. The Kier molecular flexibility index (Phi) is 8.05. The van der Waals surface area contributed by atoms with Crippen LogP contribution < -0.4 is 14.2 Å². The number of nitrogens with zero attached hydrogens (tertiary/aromatic N) is 1. The van der Waals surface area contributed by atoms with Crippen molar-refractivity contribution in [3.63, 3.8) is 0 Å². The van der Waals surface area contributed by atoms with Gasteiger partial charge in [-0.1, -0.05) is 25.1 Å². The molecule has 0 aliphatic rings. The molecule has 0 bridgehead atoms. The van der Waals surface area contributed by atoms with Gasteiger partial charge < -0.3 is 19.1 Å². The lowest BCUT2D eigenvalue weighted by Crippen LogP contribution is -2.44. The summed E-state index contributed by atoms with van der Waals surface area (Å²) in [4.78, 5) is 13.7. The Balaban J connectivity index is 2.33. The van der Waals surface area contributed by atoms with Crippen molar-refractivity contribution in [1.82, 2.24) is 10.2 Å². The number of halogens is 1. The van der Waals surface area contributed by atoms with Gasteiger partial charge in [-0.15, -0.1) is 0 Å². The summed E-state index contributed by atoms with van der Waals surface area (Å²) in [6, 6.07) is 9.50. The zero-order chi connectivity index (χ0) is 22.3. The highest BCUT2D eigenvalue weighted by Crippen LogP contribution is 2.27. The lowest BCUT2D eigenvalue weighted by molar-refractivity contribution is 0.173. The zero-order valence-electron chi connectivity index (χ0n) is 17.5. The molecule has 0 unspecified atom stereocenters. The van der Waals surface area contributed by atoms with Gasteiger partial charge >= 0.3 is 16.1 Å². The van der Waals surface area contributed by atoms with Crippen LogP contribution in [0, 0.1) is 5.82 Å². The molecule has 0 saturated heterocycles. The molecule has 1 atom stereocenters. The van der Waals surface area contributed by atoms with Crippen LogP contribution in [0.2, 0.25) is 0 Å². The fourth-order valence-corrected chi connectivity index (χ4v) is 3.75. The number of methoxy groups -OCH3 is 1. The normalized spacial score (nSPS) is 12.2. The lowest BCUT2D eigenvalue weighted by atomic mass is 10.1. The van der Waals surface area contributed by atoms with Crippen LogP contribution in [0.1, 0.15) is 32.8 Å². The summed E-state index contributed by atoms with van der Waals surface area (Å²) < 4.78 is 49.5. The first-order chi connectivity index (χ1) is 14.2. The van der Waals surface area contributed by atoms with Crippen molar-refractivity contribution in [3.8, 4) is 11.5 Å². The molecular formula is C21H27FN2O5S. The van der Waals surface area contributed by atoms with Crippen molar-refractivity contribution in [2.75, 3.05) is 13.7 Å². The van der Waals surface area contributed by atoms with Gasteiger partial charge in [0.2, 0.25) is 0 Å². The summed E-state index contributed by atoms with van der Waals surface area (Å²) in [5.74, 6) is -0.804. The van der Waals surface area contributed by atoms with E-state index in [1.165, 1.54) is 25.3 Å². The minimum Gasteiger partial charge on any atom is -0.494 e. The summed E-state index contributed by atoms with van der Waals surface area (Å²) in [5, 5.41) is 2.77. The Morgan fingerprint density at radius 3 is 2.47 bits per heavy atom. The Morgan fingerprint density at radius 2 is 1.87 bits per heavy atom. The third kappa shape index (κ3) is 5.63. The molecule has 0 aromatic heterocycles.